The normalized spacial score (nSPS) is 17.9. The van der Waals surface area contributed by atoms with E-state index in [-0.39, 0.29) is 17.2 Å². The van der Waals surface area contributed by atoms with Crippen LogP contribution < -0.4 is 15.4 Å². The third kappa shape index (κ3) is 5.43. The number of benzene rings is 3. The highest BCUT2D eigenvalue weighted by Gasteiger charge is 2.38. The van der Waals surface area contributed by atoms with Gasteiger partial charge in [0.05, 0.1) is 30.2 Å². The number of allylic oxidation sites excluding steroid dienone is 1. The summed E-state index contributed by atoms with van der Waals surface area (Å²) in [5, 5.41) is 15.8. The van der Waals surface area contributed by atoms with E-state index in [1.54, 1.807) is 0 Å². The second kappa shape index (κ2) is 10.1. The zero-order chi connectivity index (χ0) is 27.0. The number of anilines is 2. The molecule has 198 valence electrons. The SMILES string of the molecule is Cc1ccc(Cn2cc(COc3cccc(C4Nc5ccccc5NC5=C4C(=O)CC(C)(C)C5)c3)nn2)cc1. The van der Waals surface area contributed by atoms with Gasteiger partial charge in [0.15, 0.2) is 5.78 Å². The summed E-state index contributed by atoms with van der Waals surface area (Å²) in [6, 6.07) is 24.2. The summed E-state index contributed by atoms with van der Waals surface area (Å²) in [4.78, 5) is 13.5. The first-order valence-corrected chi connectivity index (χ1v) is 13.4. The van der Waals surface area contributed by atoms with Gasteiger partial charge in [0, 0.05) is 17.7 Å². The summed E-state index contributed by atoms with van der Waals surface area (Å²) in [7, 11) is 0. The van der Waals surface area contributed by atoms with Gasteiger partial charge in [-0.1, -0.05) is 73.2 Å². The van der Waals surface area contributed by atoms with E-state index in [0.717, 1.165) is 46.1 Å². The molecule has 7 nitrogen and oxygen atoms in total. The Hall–Kier alpha value is -4.39. The zero-order valence-electron chi connectivity index (χ0n) is 22.6. The molecular formula is C32H33N5O2. The van der Waals surface area contributed by atoms with Crippen LogP contribution in [0.1, 0.15) is 55.1 Å². The van der Waals surface area contributed by atoms with Crippen LogP contribution >= 0.6 is 0 Å². The lowest BCUT2D eigenvalue weighted by molar-refractivity contribution is -0.118. The number of fused-ring (bicyclic) bond motifs is 1. The summed E-state index contributed by atoms with van der Waals surface area (Å²) < 4.78 is 7.96. The maximum atomic E-state index is 13.5. The Labute approximate surface area is 228 Å². The molecule has 0 radical (unpaired) electrons. The number of carbonyl (C=O) groups excluding carboxylic acids is 1. The van der Waals surface area contributed by atoms with Crippen LogP contribution in [0.25, 0.3) is 0 Å². The second-order valence-electron chi connectivity index (χ2n) is 11.3. The van der Waals surface area contributed by atoms with Gasteiger partial charge in [-0.25, -0.2) is 4.68 Å². The minimum absolute atomic E-state index is 0.0887. The number of rotatable bonds is 6. The number of ketones is 1. The average molecular weight is 520 g/mol. The van der Waals surface area contributed by atoms with Crippen molar-refractivity contribution in [3.05, 3.63) is 113 Å². The van der Waals surface area contributed by atoms with Crippen molar-refractivity contribution in [3.63, 3.8) is 0 Å². The summed E-state index contributed by atoms with van der Waals surface area (Å²) in [5.74, 6) is 0.897. The fourth-order valence-corrected chi connectivity index (χ4v) is 5.44. The number of nitrogens with one attached hydrogen (secondary N) is 2. The number of aryl methyl sites for hydroxylation is 1. The molecule has 0 amide bonds. The Morgan fingerprint density at radius 3 is 2.62 bits per heavy atom. The second-order valence-corrected chi connectivity index (χ2v) is 11.3. The van der Waals surface area contributed by atoms with Crippen molar-refractivity contribution < 1.29 is 9.53 Å². The highest BCUT2D eigenvalue weighted by Crippen LogP contribution is 2.45. The van der Waals surface area contributed by atoms with E-state index in [4.69, 9.17) is 4.74 Å². The highest BCUT2D eigenvalue weighted by molar-refractivity contribution is 6.01. The van der Waals surface area contributed by atoms with E-state index in [9.17, 15) is 4.79 Å². The number of nitrogens with zero attached hydrogens (tertiary/aromatic N) is 3. The van der Waals surface area contributed by atoms with Crippen molar-refractivity contribution in [3.8, 4) is 5.75 Å². The fourth-order valence-electron chi connectivity index (χ4n) is 5.44. The number of para-hydroxylation sites is 2. The van der Waals surface area contributed by atoms with Crippen LogP contribution in [0.3, 0.4) is 0 Å². The molecule has 0 saturated carbocycles. The first kappa shape index (κ1) is 24.9. The fraction of sp³-hybridized carbons (Fsp3) is 0.281. The van der Waals surface area contributed by atoms with Crippen molar-refractivity contribution in [1.29, 1.82) is 0 Å². The van der Waals surface area contributed by atoms with Crippen LogP contribution in [0, 0.1) is 12.3 Å². The molecule has 1 aliphatic carbocycles. The molecule has 2 N–H and O–H groups in total. The van der Waals surface area contributed by atoms with Crippen molar-refractivity contribution in [1.82, 2.24) is 15.0 Å². The average Bonchev–Trinajstić information content (AvgIpc) is 3.28. The van der Waals surface area contributed by atoms with E-state index in [1.807, 2.05) is 59.4 Å². The summed E-state index contributed by atoms with van der Waals surface area (Å²) in [5.41, 5.74) is 7.82. The predicted molar refractivity (Wildman–Crippen MR) is 153 cm³/mol. The smallest absolute Gasteiger partial charge is 0.163 e. The Morgan fingerprint density at radius 2 is 1.79 bits per heavy atom. The summed E-state index contributed by atoms with van der Waals surface area (Å²) >= 11 is 0. The van der Waals surface area contributed by atoms with E-state index in [2.05, 4.69) is 66.0 Å². The van der Waals surface area contributed by atoms with Crippen LogP contribution in [0.15, 0.2) is 90.3 Å². The molecule has 2 aliphatic rings. The van der Waals surface area contributed by atoms with Crippen molar-refractivity contribution in [2.24, 2.45) is 5.41 Å². The summed E-state index contributed by atoms with van der Waals surface area (Å²) in [6.07, 6.45) is 3.25. The number of ether oxygens (including phenoxy) is 1. The Morgan fingerprint density at radius 1 is 1.00 bits per heavy atom. The molecule has 4 aromatic rings. The lowest BCUT2D eigenvalue weighted by Crippen LogP contribution is -2.31. The molecule has 1 aliphatic heterocycles. The van der Waals surface area contributed by atoms with Crippen LogP contribution in [0.5, 0.6) is 5.75 Å². The van der Waals surface area contributed by atoms with Gasteiger partial charge in [0.1, 0.15) is 18.1 Å². The van der Waals surface area contributed by atoms with Crippen LogP contribution in [0.4, 0.5) is 11.4 Å². The molecule has 1 aromatic heterocycles. The van der Waals surface area contributed by atoms with Gasteiger partial charge < -0.3 is 15.4 Å². The third-order valence-electron chi connectivity index (χ3n) is 7.35. The number of aromatic nitrogens is 3. The summed E-state index contributed by atoms with van der Waals surface area (Å²) in [6.45, 7) is 7.35. The minimum atomic E-state index is -0.279. The van der Waals surface area contributed by atoms with Gasteiger partial charge in [0.2, 0.25) is 0 Å². The standard InChI is InChI=1S/C32H33N5O2/c1-21-11-13-22(14-12-21)18-37-19-24(35-36-37)20-39-25-8-6-7-23(15-25)31-30-28(16-32(2,3)17-29(30)38)33-26-9-4-5-10-27(26)34-31/h4-15,19,31,33-34H,16-18,20H2,1-3H3. The first-order chi connectivity index (χ1) is 18.8. The molecule has 0 bridgehead atoms. The van der Waals surface area contributed by atoms with E-state index in [1.165, 1.54) is 11.1 Å². The number of carbonyl (C=O) groups is 1. The monoisotopic (exact) mass is 519 g/mol. The van der Waals surface area contributed by atoms with Gasteiger partial charge in [-0.3, -0.25) is 4.79 Å². The van der Waals surface area contributed by atoms with Gasteiger partial charge in [-0.15, -0.1) is 5.10 Å². The Kier molecular flexibility index (Phi) is 6.43. The van der Waals surface area contributed by atoms with Crippen molar-refractivity contribution in [2.45, 2.75) is 52.8 Å². The molecule has 0 saturated heterocycles. The molecule has 39 heavy (non-hydrogen) atoms. The van der Waals surface area contributed by atoms with Crippen molar-refractivity contribution >= 4 is 17.2 Å². The largest absolute Gasteiger partial charge is 0.487 e. The van der Waals surface area contributed by atoms with Gasteiger partial charge in [-0.05, 0) is 54.2 Å². The molecule has 3 aromatic carbocycles. The van der Waals surface area contributed by atoms with Crippen molar-refractivity contribution in [2.75, 3.05) is 10.6 Å². The van der Waals surface area contributed by atoms with Crippen LogP contribution in [0.2, 0.25) is 0 Å². The number of hydrogen-bond acceptors (Lipinski definition) is 6. The lowest BCUT2D eigenvalue weighted by Gasteiger charge is -2.34. The molecule has 2 heterocycles. The molecule has 1 unspecified atom stereocenters. The predicted octanol–water partition coefficient (Wildman–Crippen LogP) is 6.44. The molecule has 0 spiro atoms. The lowest BCUT2D eigenvalue weighted by atomic mass is 9.73. The minimum Gasteiger partial charge on any atom is -0.487 e. The van der Waals surface area contributed by atoms with E-state index >= 15 is 0 Å². The van der Waals surface area contributed by atoms with Gasteiger partial charge in [0.25, 0.3) is 0 Å². The molecular weight excluding hydrogens is 486 g/mol. The zero-order valence-corrected chi connectivity index (χ0v) is 22.6. The van der Waals surface area contributed by atoms with Gasteiger partial charge >= 0.3 is 0 Å². The molecule has 0 fully saturated rings. The van der Waals surface area contributed by atoms with E-state index < -0.39 is 0 Å². The van der Waals surface area contributed by atoms with Crippen LogP contribution in [-0.2, 0) is 17.9 Å². The first-order valence-electron chi connectivity index (χ1n) is 13.4. The Balaban J connectivity index is 1.23. The maximum Gasteiger partial charge on any atom is 0.163 e. The maximum absolute atomic E-state index is 13.5. The highest BCUT2D eigenvalue weighted by atomic mass is 16.5. The van der Waals surface area contributed by atoms with E-state index in [0.29, 0.717) is 19.6 Å². The third-order valence-corrected chi connectivity index (χ3v) is 7.35. The quantitative estimate of drug-likeness (QED) is 0.305. The number of Topliss-reactive ketones (excluding diaryl/α,β-unsaturated/α-hetero) is 1. The molecule has 6 rings (SSSR count). The molecule has 1 atom stereocenters. The number of hydrogen-bond donors (Lipinski definition) is 2. The Bertz CT molecular complexity index is 1550. The van der Waals surface area contributed by atoms with Gasteiger partial charge in [-0.2, -0.15) is 0 Å². The molecule has 7 heteroatoms. The topological polar surface area (TPSA) is 81.1 Å². The van der Waals surface area contributed by atoms with Crippen LogP contribution in [-0.4, -0.2) is 20.8 Å².